The first-order chi connectivity index (χ1) is 12.1. The summed E-state index contributed by atoms with van der Waals surface area (Å²) in [7, 11) is -4.17. The number of aryl methyl sites for hydroxylation is 1. The maximum absolute atomic E-state index is 13.0. The molecule has 0 heterocycles. The van der Waals surface area contributed by atoms with Crippen molar-refractivity contribution in [3.63, 3.8) is 0 Å². The zero-order valence-corrected chi connectivity index (χ0v) is 16.5. The largest absolute Gasteiger partial charge is 0.396 e. The van der Waals surface area contributed by atoms with Gasteiger partial charge in [-0.15, -0.1) is 0 Å². The smallest absolute Gasteiger partial charge is 0.244 e. The van der Waals surface area contributed by atoms with Crippen molar-refractivity contribution in [3.8, 4) is 0 Å². The summed E-state index contributed by atoms with van der Waals surface area (Å²) in [6, 6.07) is 5.99. The Morgan fingerprint density at radius 3 is 1.93 bits per heavy atom. The van der Waals surface area contributed by atoms with Crippen LogP contribution in [-0.2, 0) is 19.4 Å². The molecule has 1 rings (SSSR count). The second-order valence-corrected chi connectivity index (χ2v) is 8.11. The number of benzene rings is 1. The number of sulfone groups is 1. The van der Waals surface area contributed by atoms with Gasteiger partial charge in [0.05, 0.1) is 11.5 Å². The van der Waals surface area contributed by atoms with E-state index in [0.717, 1.165) is 5.56 Å². The van der Waals surface area contributed by atoms with Crippen LogP contribution in [0.15, 0.2) is 40.3 Å². The molecule has 0 aliphatic carbocycles. The highest BCUT2D eigenvalue weighted by atomic mass is 32.2. The molecule has 1 aromatic rings. The van der Waals surface area contributed by atoms with Crippen molar-refractivity contribution in [1.82, 2.24) is 6.15 Å². The van der Waals surface area contributed by atoms with Gasteiger partial charge in [0.1, 0.15) is 0 Å². The average Bonchev–Trinajstić information content (AvgIpc) is 2.57. The molecule has 8 nitrogen and oxygen atoms in total. The lowest BCUT2D eigenvalue weighted by Gasteiger charge is -2.27. The number of carbonyl (C=O) groups excluding carboxylic acids is 2. The Labute approximate surface area is 160 Å². The van der Waals surface area contributed by atoms with Gasteiger partial charge in [-0.05, 0) is 31.9 Å². The van der Waals surface area contributed by atoms with Crippen LogP contribution >= 0.6 is 0 Å². The van der Waals surface area contributed by atoms with Gasteiger partial charge in [0.15, 0.2) is 15.1 Å². The molecular formula is C18H26N3O5S. The van der Waals surface area contributed by atoms with Crippen LogP contribution in [0, 0.1) is 12.8 Å². The summed E-state index contributed by atoms with van der Waals surface area (Å²) in [6.45, 7) is 4.54. The molecule has 0 saturated heterocycles. The van der Waals surface area contributed by atoms with Crippen LogP contribution in [0.2, 0.25) is 0 Å². The summed E-state index contributed by atoms with van der Waals surface area (Å²) in [5, 5.41) is 8.17. The minimum atomic E-state index is -4.17. The van der Waals surface area contributed by atoms with E-state index in [-0.39, 0.29) is 29.5 Å². The third-order valence-corrected chi connectivity index (χ3v) is 6.55. The summed E-state index contributed by atoms with van der Waals surface area (Å²) in [5.74, 6) is -2.94. The number of aliphatic hydroxyl groups excluding tert-OH is 1. The summed E-state index contributed by atoms with van der Waals surface area (Å²) in [5.41, 5.74) is 12.2. The molecule has 2 amide bonds. The maximum Gasteiger partial charge on any atom is 0.244 e. The topological polar surface area (TPSA) is 171 Å². The first-order valence-corrected chi connectivity index (χ1v) is 9.88. The fourth-order valence-corrected chi connectivity index (χ4v) is 4.89. The third-order valence-electron chi connectivity index (χ3n) is 4.39. The lowest BCUT2D eigenvalue weighted by molar-refractivity contribution is -0.119. The van der Waals surface area contributed by atoms with Crippen LogP contribution in [-0.4, -0.2) is 37.2 Å². The molecule has 1 aromatic carbocycles. The molecule has 3 radical (unpaired) electrons. The van der Waals surface area contributed by atoms with Crippen LogP contribution in [0.5, 0.6) is 0 Å². The van der Waals surface area contributed by atoms with Crippen molar-refractivity contribution >= 4 is 21.7 Å². The van der Waals surface area contributed by atoms with Crippen LogP contribution in [0.25, 0.3) is 0 Å². The molecule has 0 saturated carbocycles. The number of carbonyl (C=O) groups is 2. The normalized spacial score (nSPS) is 14.5. The Bertz CT molecular complexity index is 801. The minimum absolute atomic E-state index is 0. The van der Waals surface area contributed by atoms with Gasteiger partial charge in [0.25, 0.3) is 0 Å². The Kier molecular flexibility index (Phi) is 9.35. The van der Waals surface area contributed by atoms with Crippen molar-refractivity contribution < 1.29 is 23.1 Å². The molecule has 0 aromatic heterocycles. The summed E-state index contributed by atoms with van der Waals surface area (Å²) in [4.78, 5) is 23.7. The predicted octanol–water partition coefficient (Wildman–Crippen LogP) is 0.352. The Morgan fingerprint density at radius 2 is 1.59 bits per heavy atom. The van der Waals surface area contributed by atoms with Crippen LogP contribution in [0.4, 0.5) is 0 Å². The van der Waals surface area contributed by atoms with Gasteiger partial charge in [-0.25, -0.2) is 8.42 Å². The lowest BCUT2D eigenvalue weighted by atomic mass is 9.88. The van der Waals surface area contributed by atoms with Gasteiger partial charge in [-0.3, -0.25) is 9.59 Å². The van der Waals surface area contributed by atoms with E-state index in [4.69, 9.17) is 11.5 Å². The number of aliphatic hydroxyl groups is 1. The van der Waals surface area contributed by atoms with E-state index < -0.39 is 39.4 Å². The fourth-order valence-electron chi connectivity index (χ4n) is 3.09. The van der Waals surface area contributed by atoms with E-state index in [0.29, 0.717) is 5.57 Å². The molecule has 0 spiro atoms. The Morgan fingerprint density at radius 1 is 1.07 bits per heavy atom. The van der Waals surface area contributed by atoms with Crippen molar-refractivity contribution in [1.29, 1.82) is 0 Å². The highest BCUT2D eigenvalue weighted by Crippen LogP contribution is 2.31. The van der Waals surface area contributed by atoms with Gasteiger partial charge in [0.2, 0.25) is 11.8 Å². The minimum Gasteiger partial charge on any atom is -0.396 e. The quantitative estimate of drug-likeness (QED) is 0.510. The van der Waals surface area contributed by atoms with E-state index in [1.54, 1.807) is 32.9 Å². The Balaban J connectivity index is 0.00000676. The molecule has 0 bridgehead atoms. The van der Waals surface area contributed by atoms with E-state index in [1.165, 1.54) is 12.1 Å². The SMILES string of the molecule is CCC(C(N)=O)=C(CC)C(CO)C(C(N)=O)S(=O)(=O)c1ccc(C)cc1.[N]. The van der Waals surface area contributed by atoms with E-state index >= 15 is 0 Å². The molecule has 0 aliphatic rings. The van der Waals surface area contributed by atoms with Crippen molar-refractivity contribution in [2.45, 2.75) is 43.8 Å². The standard InChI is InChI=1S/C18H26N2O5S.N/c1-4-13(14(5-2)17(19)22)15(10-21)16(18(20)23)26(24,25)12-8-6-11(3)7-9-12;/h6-9,15-16,21H,4-5,10H2,1-3H3,(H2,19,22)(H2,20,23);. The first-order valence-electron chi connectivity index (χ1n) is 8.34. The van der Waals surface area contributed by atoms with Gasteiger partial charge in [-0.1, -0.05) is 37.1 Å². The third kappa shape index (κ3) is 5.38. The molecule has 27 heavy (non-hydrogen) atoms. The van der Waals surface area contributed by atoms with Gasteiger partial charge >= 0.3 is 0 Å². The van der Waals surface area contributed by atoms with Gasteiger partial charge in [-0.2, -0.15) is 0 Å². The molecular weight excluding hydrogens is 370 g/mol. The Hall–Kier alpha value is -2.23. The number of amides is 2. The van der Waals surface area contributed by atoms with Gasteiger partial charge < -0.3 is 16.6 Å². The zero-order valence-electron chi connectivity index (χ0n) is 15.7. The summed E-state index contributed by atoms with van der Waals surface area (Å²) >= 11 is 0. The van der Waals surface area contributed by atoms with E-state index in [2.05, 4.69) is 0 Å². The second-order valence-electron chi connectivity index (χ2n) is 6.05. The number of hydrogen-bond acceptors (Lipinski definition) is 5. The predicted molar refractivity (Wildman–Crippen MR) is 101 cm³/mol. The number of rotatable bonds is 9. The van der Waals surface area contributed by atoms with Crippen molar-refractivity contribution in [3.05, 3.63) is 41.0 Å². The molecule has 149 valence electrons. The number of primary amides is 2. The molecule has 0 aliphatic heterocycles. The molecule has 0 fully saturated rings. The van der Waals surface area contributed by atoms with E-state index in [9.17, 15) is 23.1 Å². The molecule has 2 atom stereocenters. The molecule has 2 unspecified atom stereocenters. The number of hydrogen-bond donors (Lipinski definition) is 3. The average molecular weight is 396 g/mol. The van der Waals surface area contributed by atoms with Crippen LogP contribution < -0.4 is 17.6 Å². The lowest BCUT2D eigenvalue weighted by Crippen LogP contribution is -2.44. The van der Waals surface area contributed by atoms with Crippen LogP contribution in [0.1, 0.15) is 32.3 Å². The summed E-state index contributed by atoms with van der Waals surface area (Å²) < 4.78 is 26.1. The summed E-state index contributed by atoms with van der Waals surface area (Å²) in [6.07, 6.45) is 0.510. The fraction of sp³-hybridized carbons (Fsp3) is 0.444. The second kappa shape index (κ2) is 10.2. The van der Waals surface area contributed by atoms with Gasteiger partial charge in [0, 0.05) is 17.6 Å². The van der Waals surface area contributed by atoms with Crippen molar-refractivity contribution in [2.24, 2.45) is 17.4 Å². The molecule has 5 N–H and O–H groups in total. The van der Waals surface area contributed by atoms with E-state index in [1.807, 2.05) is 0 Å². The first kappa shape index (κ1) is 24.8. The zero-order chi connectivity index (χ0) is 20.1. The van der Waals surface area contributed by atoms with Crippen molar-refractivity contribution in [2.75, 3.05) is 6.61 Å². The number of nitrogens with two attached hydrogens (primary N) is 2. The monoisotopic (exact) mass is 396 g/mol. The molecule has 9 heteroatoms. The van der Waals surface area contributed by atoms with Crippen LogP contribution in [0.3, 0.4) is 0 Å². The maximum atomic E-state index is 13.0. The highest BCUT2D eigenvalue weighted by molar-refractivity contribution is 7.92. The highest BCUT2D eigenvalue weighted by Gasteiger charge is 2.41. The number of nitrogens with zero attached hydrogens (tertiary/aromatic N) is 1.